The molecular formula is C21H44O3. The van der Waals surface area contributed by atoms with E-state index in [1.54, 1.807) is 0 Å². The van der Waals surface area contributed by atoms with Gasteiger partial charge in [-0.15, -0.1) is 0 Å². The van der Waals surface area contributed by atoms with Crippen LogP contribution in [0.1, 0.15) is 105 Å². The molecule has 0 amide bonds. The second-order valence-corrected chi connectivity index (χ2v) is 6.84. The minimum atomic E-state index is -0.612. The fraction of sp³-hybridized carbons (Fsp3) is 1.00. The summed E-state index contributed by atoms with van der Waals surface area (Å²) in [5.41, 5.74) is -0.339. The van der Waals surface area contributed by atoms with Gasteiger partial charge in [0.25, 0.3) is 0 Å². The predicted molar refractivity (Wildman–Crippen MR) is 104 cm³/mol. The molecule has 0 aromatic carbocycles. The van der Waals surface area contributed by atoms with Gasteiger partial charge in [-0.1, -0.05) is 72.1 Å². The third kappa shape index (κ3) is 7.01. The average Bonchev–Trinajstić information content (AvgIpc) is 2.57. The lowest BCUT2D eigenvalue weighted by atomic mass is 9.80. The number of hydrogen-bond acceptors (Lipinski definition) is 3. The van der Waals surface area contributed by atoms with Crippen LogP contribution in [0.15, 0.2) is 0 Å². The van der Waals surface area contributed by atoms with Gasteiger partial charge >= 0.3 is 0 Å². The lowest BCUT2D eigenvalue weighted by molar-refractivity contribution is -0.332. The highest BCUT2D eigenvalue weighted by atomic mass is 16.7. The van der Waals surface area contributed by atoms with Crippen molar-refractivity contribution in [2.75, 3.05) is 20.3 Å². The largest absolute Gasteiger partial charge is 0.373 e. The van der Waals surface area contributed by atoms with Gasteiger partial charge in [0.05, 0.1) is 0 Å². The van der Waals surface area contributed by atoms with E-state index in [9.17, 15) is 0 Å². The van der Waals surface area contributed by atoms with Crippen LogP contribution < -0.4 is 0 Å². The summed E-state index contributed by atoms with van der Waals surface area (Å²) in [6.07, 6.45) is 12.8. The summed E-state index contributed by atoms with van der Waals surface area (Å²) < 4.78 is 18.7. The van der Waals surface area contributed by atoms with Crippen LogP contribution in [0.2, 0.25) is 0 Å². The highest BCUT2D eigenvalue weighted by Crippen LogP contribution is 2.42. The summed E-state index contributed by atoms with van der Waals surface area (Å²) in [7, 11) is 1.84. The highest BCUT2D eigenvalue weighted by molar-refractivity contribution is 4.96. The van der Waals surface area contributed by atoms with E-state index in [-0.39, 0.29) is 5.60 Å². The Morgan fingerprint density at radius 1 is 0.583 bits per heavy atom. The molecule has 0 fully saturated rings. The molecule has 0 aromatic heterocycles. The minimum Gasteiger partial charge on any atom is -0.373 e. The van der Waals surface area contributed by atoms with Gasteiger partial charge in [0, 0.05) is 26.7 Å². The number of methoxy groups -OCH3 is 1. The second-order valence-electron chi connectivity index (χ2n) is 6.84. The third-order valence-electron chi connectivity index (χ3n) is 5.01. The van der Waals surface area contributed by atoms with E-state index in [2.05, 4.69) is 34.6 Å². The lowest BCUT2D eigenvalue weighted by Crippen LogP contribution is -2.59. The summed E-state index contributed by atoms with van der Waals surface area (Å²) in [5.74, 6) is -0.612. The number of unbranched alkanes of at least 4 members (excludes halogenated alkanes) is 5. The molecule has 0 N–H and O–H groups in total. The molecule has 0 aliphatic heterocycles. The van der Waals surface area contributed by atoms with E-state index < -0.39 is 5.79 Å². The standard InChI is InChI=1S/C21H44O3/c1-7-12-13-14-15-16-19-20(22-6,17-8-2)21(18-9-3,23-10-4)24-11-5/h7-19H2,1-6H3. The van der Waals surface area contributed by atoms with Gasteiger partial charge in [-0.2, -0.15) is 0 Å². The summed E-state index contributed by atoms with van der Waals surface area (Å²) in [5, 5.41) is 0. The maximum absolute atomic E-state index is 6.27. The Bertz CT molecular complexity index is 263. The van der Waals surface area contributed by atoms with E-state index in [0.29, 0.717) is 13.2 Å². The monoisotopic (exact) mass is 344 g/mol. The maximum Gasteiger partial charge on any atom is 0.197 e. The summed E-state index contributed by atoms with van der Waals surface area (Å²) in [4.78, 5) is 0. The van der Waals surface area contributed by atoms with Crippen molar-refractivity contribution in [2.24, 2.45) is 0 Å². The molecule has 0 rings (SSSR count). The van der Waals surface area contributed by atoms with Gasteiger partial charge in [0.2, 0.25) is 0 Å². The molecule has 3 heteroatoms. The van der Waals surface area contributed by atoms with Crippen LogP contribution in [0.3, 0.4) is 0 Å². The molecule has 0 aliphatic carbocycles. The molecule has 0 aromatic rings. The number of hydrogen-bond donors (Lipinski definition) is 0. The molecule has 24 heavy (non-hydrogen) atoms. The van der Waals surface area contributed by atoms with Crippen LogP contribution in [-0.2, 0) is 14.2 Å². The molecule has 0 heterocycles. The van der Waals surface area contributed by atoms with Crippen molar-refractivity contribution in [3.8, 4) is 0 Å². The lowest BCUT2D eigenvalue weighted by Gasteiger charge is -2.49. The Hall–Kier alpha value is -0.120. The van der Waals surface area contributed by atoms with E-state index >= 15 is 0 Å². The van der Waals surface area contributed by atoms with E-state index in [1.165, 1.54) is 38.5 Å². The van der Waals surface area contributed by atoms with Crippen molar-refractivity contribution in [2.45, 2.75) is 117 Å². The third-order valence-corrected chi connectivity index (χ3v) is 5.01. The van der Waals surface area contributed by atoms with Gasteiger partial charge in [0.1, 0.15) is 5.60 Å². The van der Waals surface area contributed by atoms with E-state index in [4.69, 9.17) is 14.2 Å². The van der Waals surface area contributed by atoms with Crippen LogP contribution >= 0.6 is 0 Å². The Morgan fingerprint density at radius 2 is 1.12 bits per heavy atom. The maximum atomic E-state index is 6.27. The first-order valence-electron chi connectivity index (χ1n) is 10.4. The molecule has 3 nitrogen and oxygen atoms in total. The van der Waals surface area contributed by atoms with Crippen molar-refractivity contribution in [3.05, 3.63) is 0 Å². The first-order chi connectivity index (χ1) is 11.6. The molecule has 0 saturated carbocycles. The molecule has 0 aliphatic rings. The molecule has 0 radical (unpaired) electrons. The van der Waals surface area contributed by atoms with Crippen molar-refractivity contribution in [1.29, 1.82) is 0 Å². The van der Waals surface area contributed by atoms with E-state index in [1.807, 2.05) is 7.11 Å². The smallest absolute Gasteiger partial charge is 0.197 e. The molecule has 0 saturated heterocycles. The van der Waals surface area contributed by atoms with Crippen molar-refractivity contribution < 1.29 is 14.2 Å². The van der Waals surface area contributed by atoms with Gasteiger partial charge < -0.3 is 14.2 Å². The van der Waals surface area contributed by atoms with Crippen molar-refractivity contribution in [3.63, 3.8) is 0 Å². The fourth-order valence-corrected chi connectivity index (χ4v) is 3.93. The number of rotatable bonds is 17. The zero-order valence-corrected chi connectivity index (χ0v) is 17.4. The molecule has 146 valence electrons. The van der Waals surface area contributed by atoms with Crippen molar-refractivity contribution in [1.82, 2.24) is 0 Å². The Balaban J connectivity index is 5.16. The topological polar surface area (TPSA) is 27.7 Å². The second kappa shape index (κ2) is 14.1. The Labute approximate surface area is 151 Å². The number of ether oxygens (including phenoxy) is 3. The van der Waals surface area contributed by atoms with Crippen LogP contribution in [0.5, 0.6) is 0 Å². The van der Waals surface area contributed by atoms with Crippen LogP contribution in [0, 0.1) is 0 Å². The predicted octanol–water partition coefficient (Wildman–Crippen LogP) is 6.49. The SMILES string of the molecule is CCCCCCCCC(CCC)(OC)C(CCC)(OCC)OCC. The Kier molecular flexibility index (Phi) is 14.0. The Morgan fingerprint density at radius 3 is 1.58 bits per heavy atom. The van der Waals surface area contributed by atoms with Gasteiger partial charge in [-0.25, -0.2) is 0 Å². The van der Waals surface area contributed by atoms with Crippen LogP contribution in [-0.4, -0.2) is 31.7 Å². The molecule has 0 bridgehead atoms. The van der Waals surface area contributed by atoms with E-state index in [0.717, 1.165) is 32.1 Å². The van der Waals surface area contributed by atoms with Gasteiger partial charge in [-0.3, -0.25) is 0 Å². The average molecular weight is 345 g/mol. The molecule has 0 spiro atoms. The zero-order chi connectivity index (χ0) is 18.3. The first-order valence-corrected chi connectivity index (χ1v) is 10.4. The quantitative estimate of drug-likeness (QED) is 0.223. The summed E-state index contributed by atoms with van der Waals surface area (Å²) >= 11 is 0. The van der Waals surface area contributed by atoms with Gasteiger partial charge in [-0.05, 0) is 26.7 Å². The summed E-state index contributed by atoms with van der Waals surface area (Å²) in [6, 6.07) is 0. The minimum absolute atomic E-state index is 0.339. The highest BCUT2D eigenvalue weighted by Gasteiger charge is 2.52. The molecular weight excluding hydrogens is 300 g/mol. The van der Waals surface area contributed by atoms with Crippen LogP contribution in [0.25, 0.3) is 0 Å². The zero-order valence-electron chi connectivity index (χ0n) is 17.4. The molecule has 1 atom stereocenters. The first kappa shape index (κ1) is 23.9. The molecule has 1 unspecified atom stereocenters. The van der Waals surface area contributed by atoms with Crippen molar-refractivity contribution >= 4 is 0 Å². The van der Waals surface area contributed by atoms with Gasteiger partial charge in [0.15, 0.2) is 5.79 Å². The normalized spacial score (nSPS) is 14.8. The fourth-order valence-electron chi connectivity index (χ4n) is 3.93. The summed E-state index contributed by atoms with van der Waals surface area (Å²) in [6.45, 7) is 12.1. The van der Waals surface area contributed by atoms with Crippen LogP contribution in [0.4, 0.5) is 0 Å².